The van der Waals surface area contributed by atoms with Crippen LogP contribution in [0.4, 0.5) is 10.5 Å². The van der Waals surface area contributed by atoms with Crippen LogP contribution < -0.4 is 10.2 Å². The molecule has 0 bridgehead atoms. The molecule has 2 N–H and O–H groups in total. The molecule has 1 saturated heterocycles. The molecule has 0 aromatic heterocycles. The summed E-state index contributed by atoms with van der Waals surface area (Å²) < 4.78 is 0.233. The molecule has 1 unspecified atom stereocenters. The minimum atomic E-state index is -0.559. The number of hydrogen-bond donors (Lipinski definition) is 2. The molecule has 1 heterocycles. The highest BCUT2D eigenvalue weighted by Crippen LogP contribution is 2.44. The van der Waals surface area contributed by atoms with Gasteiger partial charge in [0, 0.05) is 11.7 Å². The number of rotatable bonds is 3. The smallest absolute Gasteiger partial charge is 0.333 e. The lowest BCUT2D eigenvalue weighted by Crippen LogP contribution is -2.58. The molecule has 5 nitrogen and oxygen atoms in total. The van der Waals surface area contributed by atoms with Crippen LogP contribution in [0, 0.1) is 0 Å². The van der Waals surface area contributed by atoms with E-state index in [0.29, 0.717) is 4.32 Å². The quantitative estimate of drug-likeness (QED) is 0.464. The normalized spacial score (nSPS) is 23.6. The van der Waals surface area contributed by atoms with E-state index in [2.05, 4.69) is 5.32 Å². The average Bonchev–Trinajstić information content (AvgIpc) is 2.84. The van der Waals surface area contributed by atoms with E-state index in [1.165, 1.54) is 18.2 Å². The number of carbonyl (C=O) groups is 1. The van der Waals surface area contributed by atoms with Crippen molar-refractivity contribution in [3.05, 3.63) is 30.3 Å². The van der Waals surface area contributed by atoms with E-state index in [1.807, 2.05) is 49.1 Å². The molecule has 2 aliphatic rings. The van der Waals surface area contributed by atoms with Gasteiger partial charge in [0.25, 0.3) is 0 Å². The SMILES string of the molecule is CC1(C)SC(=S)N(c2ccccc2)C1N(O)C(=O)NC1CCCCC1. The monoisotopic (exact) mass is 379 g/mol. The first-order valence-corrected chi connectivity index (χ1v) is 9.98. The van der Waals surface area contributed by atoms with Gasteiger partial charge in [0.1, 0.15) is 4.32 Å². The molecule has 1 aromatic rings. The molecule has 2 amide bonds. The summed E-state index contributed by atoms with van der Waals surface area (Å²) in [5, 5.41) is 14.5. The van der Waals surface area contributed by atoms with Gasteiger partial charge in [-0.25, -0.2) is 4.79 Å². The molecule has 1 atom stereocenters. The Labute approximate surface area is 158 Å². The second-order valence-corrected chi connectivity index (χ2v) is 9.47. The van der Waals surface area contributed by atoms with Gasteiger partial charge >= 0.3 is 6.03 Å². The van der Waals surface area contributed by atoms with Crippen molar-refractivity contribution in [2.45, 2.75) is 62.9 Å². The van der Waals surface area contributed by atoms with Crippen LogP contribution in [0.15, 0.2) is 30.3 Å². The van der Waals surface area contributed by atoms with Crippen molar-refractivity contribution < 1.29 is 10.0 Å². The number of thiocarbonyl (C=S) groups is 1. The van der Waals surface area contributed by atoms with Crippen molar-refractivity contribution in [2.75, 3.05) is 4.90 Å². The molecule has 3 rings (SSSR count). The van der Waals surface area contributed by atoms with E-state index in [0.717, 1.165) is 36.4 Å². The Balaban J connectivity index is 1.80. The summed E-state index contributed by atoms with van der Waals surface area (Å²) in [4.78, 5) is 14.5. The highest BCUT2D eigenvalue weighted by Gasteiger charge is 2.50. The summed E-state index contributed by atoms with van der Waals surface area (Å²) in [6.45, 7) is 3.99. The first kappa shape index (κ1) is 18.5. The van der Waals surface area contributed by atoms with Crippen molar-refractivity contribution in [1.82, 2.24) is 10.4 Å². The van der Waals surface area contributed by atoms with Gasteiger partial charge in [-0.1, -0.05) is 61.4 Å². The number of anilines is 1. The molecule has 1 aliphatic carbocycles. The fourth-order valence-electron chi connectivity index (χ4n) is 3.58. The van der Waals surface area contributed by atoms with Gasteiger partial charge in [0.05, 0.1) is 4.75 Å². The molecule has 2 fully saturated rings. The number of thioether (sulfide) groups is 1. The van der Waals surface area contributed by atoms with Gasteiger partial charge in [-0.2, -0.15) is 5.06 Å². The fourth-order valence-corrected chi connectivity index (χ4v) is 5.49. The zero-order valence-electron chi connectivity index (χ0n) is 14.6. The zero-order chi connectivity index (χ0) is 18.0. The number of nitrogens with zero attached hydrogens (tertiary/aromatic N) is 2. The van der Waals surface area contributed by atoms with Crippen molar-refractivity contribution >= 4 is 40.0 Å². The lowest BCUT2D eigenvalue weighted by Gasteiger charge is -2.37. The zero-order valence-corrected chi connectivity index (χ0v) is 16.3. The summed E-state index contributed by atoms with van der Waals surface area (Å²) >= 11 is 7.04. The maximum absolute atomic E-state index is 12.7. The Kier molecular flexibility index (Phi) is 5.55. The van der Waals surface area contributed by atoms with E-state index in [1.54, 1.807) is 0 Å². The van der Waals surface area contributed by atoms with Gasteiger partial charge in [0.15, 0.2) is 6.17 Å². The summed E-state index contributed by atoms with van der Waals surface area (Å²) in [5.74, 6) is 0. The predicted molar refractivity (Wildman–Crippen MR) is 106 cm³/mol. The highest BCUT2D eigenvalue weighted by atomic mass is 32.2. The number of hydroxylamine groups is 2. The van der Waals surface area contributed by atoms with Crippen LogP contribution in [0.5, 0.6) is 0 Å². The van der Waals surface area contributed by atoms with E-state index in [-0.39, 0.29) is 6.04 Å². The van der Waals surface area contributed by atoms with Crippen molar-refractivity contribution in [2.24, 2.45) is 0 Å². The Hall–Kier alpha value is -1.31. The lowest BCUT2D eigenvalue weighted by atomic mass is 9.96. The molecule has 0 radical (unpaired) electrons. The summed E-state index contributed by atoms with van der Waals surface area (Å²) in [6, 6.07) is 9.36. The van der Waals surface area contributed by atoms with E-state index >= 15 is 0 Å². The molecule has 1 aliphatic heterocycles. The second kappa shape index (κ2) is 7.51. The predicted octanol–water partition coefficient (Wildman–Crippen LogP) is 4.36. The fraction of sp³-hybridized carbons (Fsp3) is 0.556. The lowest BCUT2D eigenvalue weighted by molar-refractivity contribution is -0.0824. The number of urea groups is 1. The van der Waals surface area contributed by atoms with Crippen molar-refractivity contribution in [3.63, 3.8) is 0 Å². The van der Waals surface area contributed by atoms with Crippen LogP contribution in [-0.2, 0) is 0 Å². The van der Waals surface area contributed by atoms with Gasteiger partial charge in [-0.15, -0.1) is 0 Å². The van der Waals surface area contributed by atoms with Crippen molar-refractivity contribution in [1.29, 1.82) is 0 Å². The van der Waals surface area contributed by atoms with E-state index < -0.39 is 16.9 Å². The Bertz CT molecular complexity index is 632. The second-order valence-electron chi connectivity index (χ2n) is 7.18. The van der Waals surface area contributed by atoms with Gasteiger partial charge in [-0.3, -0.25) is 5.21 Å². The standard InChI is InChI=1S/C18H25N3O2S2/c1-18(2)15(20(17(24)25-18)14-11-7-4-8-12-14)21(23)16(22)19-13-9-5-3-6-10-13/h4,7-8,11-13,15,23H,3,5-6,9-10H2,1-2H3,(H,19,22). The summed E-state index contributed by atoms with van der Waals surface area (Å²) in [7, 11) is 0. The van der Waals surface area contributed by atoms with Crippen LogP contribution >= 0.6 is 24.0 Å². The molecular formula is C18H25N3O2S2. The summed E-state index contributed by atoms with van der Waals surface area (Å²) in [5.41, 5.74) is 0.875. The van der Waals surface area contributed by atoms with E-state index in [4.69, 9.17) is 12.2 Å². The third-order valence-corrected chi connectivity index (χ3v) is 6.38. The largest absolute Gasteiger partial charge is 0.343 e. The Morgan fingerprint density at radius 1 is 1.28 bits per heavy atom. The number of carbonyl (C=O) groups excluding carboxylic acids is 1. The minimum Gasteiger partial charge on any atom is -0.333 e. The molecule has 7 heteroatoms. The molecule has 136 valence electrons. The average molecular weight is 380 g/mol. The van der Waals surface area contributed by atoms with Crippen LogP contribution in [0.1, 0.15) is 46.0 Å². The first-order valence-electron chi connectivity index (χ1n) is 8.76. The third kappa shape index (κ3) is 3.93. The highest BCUT2D eigenvalue weighted by molar-refractivity contribution is 8.24. The van der Waals surface area contributed by atoms with E-state index in [9.17, 15) is 10.0 Å². The maximum atomic E-state index is 12.7. The Morgan fingerprint density at radius 3 is 2.56 bits per heavy atom. The molecule has 25 heavy (non-hydrogen) atoms. The third-order valence-electron chi connectivity index (χ3n) is 4.82. The van der Waals surface area contributed by atoms with Crippen LogP contribution in [0.2, 0.25) is 0 Å². The number of hydrogen-bond acceptors (Lipinski definition) is 4. The molecule has 0 spiro atoms. The molecular weight excluding hydrogens is 354 g/mol. The number of amides is 2. The maximum Gasteiger partial charge on any atom is 0.343 e. The van der Waals surface area contributed by atoms with Gasteiger partial charge in [0.2, 0.25) is 0 Å². The number of para-hydroxylation sites is 1. The summed E-state index contributed by atoms with van der Waals surface area (Å²) in [6.07, 6.45) is 4.86. The van der Waals surface area contributed by atoms with Crippen LogP contribution in [-0.4, -0.2) is 37.6 Å². The first-order chi connectivity index (χ1) is 11.9. The topological polar surface area (TPSA) is 55.8 Å². The Morgan fingerprint density at radius 2 is 1.92 bits per heavy atom. The molecule has 1 saturated carbocycles. The van der Waals surface area contributed by atoms with Gasteiger partial charge in [-0.05, 0) is 38.8 Å². The van der Waals surface area contributed by atoms with Crippen LogP contribution in [0.25, 0.3) is 0 Å². The minimum absolute atomic E-state index is 0.144. The van der Waals surface area contributed by atoms with Gasteiger partial charge < -0.3 is 10.2 Å². The van der Waals surface area contributed by atoms with Crippen LogP contribution in [0.3, 0.4) is 0 Å². The molecule has 1 aromatic carbocycles. The van der Waals surface area contributed by atoms with Crippen molar-refractivity contribution in [3.8, 4) is 0 Å². The number of nitrogens with one attached hydrogen (secondary N) is 1. The number of benzene rings is 1.